The molecule has 0 heterocycles. The highest BCUT2D eigenvalue weighted by Gasteiger charge is 2.21. The van der Waals surface area contributed by atoms with Crippen molar-refractivity contribution < 1.29 is 20.4 Å². The van der Waals surface area contributed by atoms with Crippen LogP contribution in [0.1, 0.15) is 11.7 Å². The maximum Gasteiger partial charge on any atom is 0.135 e. The van der Waals surface area contributed by atoms with E-state index < -0.39 is 18.8 Å². The van der Waals surface area contributed by atoms with Gasteiger partial charge in [-0.2, -0.15) is 0 Å². The summed E-state index contributed by atoms with van der Waals surface area (Å²) in [5, 5.41) is 36.8. The molecule has 1 aromatic carbocycles. The molecule has 0 aliphatic rings. The van der Waals surface area contributed by atoms with Gasteiger partial charge >= 0.3 is 0 Å². The van der Waals surface area contributed by atoms with Gasteiger partial charge in [-0.05, 0) is 22.0 Å². The van der Waals surface area contributed by atoms with Crippen molar-refractivity contribution in [2.24, 2.45) is 0 Å². The van der Waals surface area contributed by atoms with Crippen LogP contribution in [0.3, 0.4) is 0 Å². The fourth-order valence-electron chi connectivity index (χ4n) is 1.08. The van der Waals surface area contributed by atoms with E-state index >= 15 is 0 Å². The lowest BCUT2D eigenvalue weighted by atomic mass is 10.0. The van der Waals surface area contributed by atoms with Crippen LogP contribution in [0.4, 0.5) is 0 Å². The molecule has 0 saturated carbocycles. The third-order valence-electron chi connectivity index (χ3n) is 1.89. The molecule has 5 heteroatoms. The van der Waals surface area contributed by atoms with Gasteiger partial charge in [-0.3, -0.25) is 0 Å². The minimum Gasteiger partial charge on any atom is -0.506 e. The molecule has 14 heavy (non-hydrogen) atoms. The van der Waals surface area contributed by atoms with Gasteiger partial charge in [-0.25, -0.2) is 0 Å². The number of phenols is 1. The molecule has 78 valence electrons. The van der Waals surface area contributed by atoms with Gasteiger partial charge in [0, 0.05) is 5.56 Å². The molecule has 0 aliphatic carbocycles. The van der Waals surface area contributed by atoms with Crippen molar-refractivity contribution >= 4 is 15.9 Å². The van der Waals surface area contributed by atoms with Crippen LogP contribution in [0, 0.1) is 0 Å². The first-order chi connectivity index (χ1) is 6.57. The van der Waals surface area contributed by atoms with Crippen molar-refractivity contribution in [3.05, 3.63) is 28.2 Å². The summed E-state index contributed by atoms with van der Waals surface area (Å²) in [4.78, 5) is 0. The number of phenolic OH excluding ortho intramolecular Hbond substituents is 1. The van der Waals surface area contributed by atoms with Gasteiger partial charge in [-0.1, -0.05) is 12.1 Å². The third-order valence-corrected chi connectivity index (χ3v) is 2.53. The van der Waals surface area contributed by atoms with Crippen molar-refractivity contribution in [3.63, 3.8) is 0 Å². The van der Waals surface area contributed by atoms with Crippen LogP contribution in [0.2, 0.25) is 0 Å². The van der Waals surface area contributed by atoms with E-state index in [4.69, 9.17) is 10.2 Å². The lowest BCUT2D eigenvalue weighted by molar-refractivity contribution is -0.0162. The molecule has 0 fully saturated rings. The quantitative estimate of drug-likeness (QED) is 0.641. The number of halogens is 1. The van der Waals surface area contributed by atoms with Crippen molar-refractivity contribution in [1.29, 1.82) is 0 Å². The standard InChI is InChI=1S/C9H11BrO4/c10-6-3-1-2-5(8(6)13)9(14)7(12)4-11/h1-3,7,9,11-14H,4H2. The van der Waals surface area contributed by atoms with E-state index in [9.17, 15) is 10.2 Å². The number of hydrogen-bond donors (Lipinski definition) is 4. The molecule has 0 aliphatic heterocycles. The zero-order valence-electron chi connectivity index (χ0n) is 7.26. The second-order valence-electron chi connectivity index (χ2n) is 2.87. The number of rotatable bonds is 3. The molecule has 0 aromatic heterocycles. The summed E-state index contributed by atoms with van der Waals surface area (Å²) in [5.74, 6) is -0.132. The van der Waals surface area contributed by atoms with Crippen LogP contribution in [-0.2, 0) is 0 Å². The molecule has 0 bridgehead atoms. The number of para-hydroxylation sites is 1. The predicted molar refractivity (Wildman–Crippen MR) is 53.9 cm³/mol. The summed E-state index contributed by atoms with van der Waals surface area (Å²) in [6.07, 6.45) is -2.59. The van der Waals surface area contributed by atoms with Crippen LogP contribution < -0.4 is 0 Å². The Kier molecular flexibility index (Phi) is 3.88. The zero-order valence-corrected chi connectivity index (χ0v) is 8.85. The van der Waals surface area contributed by atoms with E-state index in [1.165, 1.54) is 6.07 Å². The molecule has 2 unspecified atom stereocenters. The van der Waals surface area contributed by atoms with Crippen LogP contribution in [0.5, 0.6) is 5.75 Å². The van der Waals surface area contributed by atoms with Crippen LogP contribution in [0.25, 0.3) is 0 Å². The smallest absolute Gasteiger partial charge is 0.135 e. The van der Waals surface area contributed by atoms with E-state index in [-0.39, 0.29) is 11.3 Å². The zero-order chi connectivity index (χ0) is 10.7. The number of hydrogen-bond acceptors (Lipinski definition) is 4. The maximum absolute atomic E-state index is 9.51. The molecule has 0 saturated heterocycles. The molecule has 0 amide bonds. The first kappa shape index (κ1) is 11.5. The van der Waals surface area contributed by atoms with Gasteiger partial charge in [0.2, 0.25) is 0 Å². The van der Waals surface area contributed by atoms with Gasteiger partial charge in [-0.15, -0.1) is 0 Å². The van der Waals surface area contributed by atoms with Crippen molar-refractivity contribution in [2.75, 3.05) is 6.61 Å². The summed E-state index contributed by atoms with van der Waals surface area (Å²) in [5.41, 5.74) is 0.181. The number of benzene rings is 1. The Balaban J connectivity index is 3.01. The fraction of sp³-hybridized carbons (Fsp3) is 0.333. The monoisotopic (exact) mass is 262 g/mol. The molecule has 1 aromatic rings. The first-order valence-corrected chi connectivity index (χ1v) is 4.81. The average Bonchev–Trinajstić information content (AvgIpc) is 2.20. The second kappa shape index (κ2) is 4.75. The third kappa shape index (κ3) is 2.24. The van der Waals surface area contributed by atoms with Crippen LogP contribution in [-0.4, -0.2) is 33.1 Å². The normalized spacial score (nSPS) is 15.1. The lowest BCUT2D eigenvalue weighted by Crippen LogP contribution is -2.22. The Morgan fingerprint density at radius 3 is 2.50 bits per heavy atom. The number of aromatic hydroxyl groups is 1. The second-order valence-corrected chi connectivity index (χ2v) is 3.73. The van der Waals surface area contributed by atoms with Crippen LogP contribution >= 0.6 is 15.9 Å². The topological polar surface area (TPSA) is 80.9 Å². The van der Waals surface area contributed by atoms with Crippen LogP contribution in [0.15, 0.2) is 22.7 Å². The van der Waals surface area contributed by atoms with E-state index in [2.05, 4.69) is 15.9 Å². The Morgan fingerprint density at radius 1 is 1.29 bits per heavy atom. The number of aliphatic hydroxyl groups excluding tert-OH is 3. The number of aliphatic hydroxyl groups is 3. The molecule has 0 radical (unpaired) electrons. The fourth-order valence-corrected chi connectivity index (χ4v) is 1.46. The molecule has 4 N–H and O–H groups in total. The van der Waals surface area contributed by atoms with E-state index in [1.807, 2.05) is 0 Å². The highest BCUT2D eigenvalue weighted by Crippen LogP contribution is 2.32. The van der Waals surface area contributed by atoms with Crippen molar-refractivity contribution in [3.8, 4) is 5.75 Å². The maximum atomic E-state index is 9.51. The molecular weight excluding hydrogens is 252 g/mol. The van der Waals surface area contributed by atoms with Gasteiger partial charge in [0.25, 0.3) is 0 Å². The SMILES string of the molecule is OCC(O)C(O)c1cccc(Br)c1O. The average molecular weight is 263 g/mol. The van der Waals surface area contributed by atoms with Gasteiger partial charge < -0.3 is 20.4 Å². The van der Waals surface area contributed by atoms with E-state index in [0.717, 1.165) is 0 Å². The Bertz CT molecular complexity index is 316. The summed E-state index contributed by atoms with van der Waals surface area (Å²) >= 11 is 3.08. The van der Waals surface area contributed by atoms with Gasteiger partial charge in [0.15, 0.2) is 0 Å². The first-order valence-electron chi connectivity index (χ1n) is 4.02. The summed E-state index contributed by atoms with van der Waals surface area (Å²) in [6.45, 7) is -0.562. The molecule has 2 atom stereocenters. The highest BCUT2D eigenvalue weighted by molar-refractivity contribution is 9.10. The van der Waals surface area contributed by atoms with Gasteiger partial charge in [0.1, 0.15) is 18.0 Å². The molecular formula is C9H11BrO4. The minimum atomic E-state index is -1.30. The minimum absolute atomic E-state index is 0.132. The summed E-state index contributed by atoms with van der Waals surface area (Å²) in [6, 6.07) is 4.70. The summed E-state index contributed by atoms with van der Waals surface area (Å²) in [7, 11) is 0. The van der Waals surface area contributed by atoms with E-state index in [0.29, 0.717) is 4.47 Å². The van der Waals surface area contributed by atoms with E-state index in [1.54, 1.807) is 12.1 Å². The summed E-state index contributed by atoms with van der Waals surface area (Å²) < 4.78 is 0.430. The van der Waals surface area contributed by atoms with Crippen molar-refractivity contribution in [2.45, 2.75) is 12.2 Å². The van der Waals surface area contributed by atoms with Gasteiger partial charge in [0.05, 0.1) is 11.1 Å². The molecule has 1 rings (SSSR count). The largest absolute Gasteiger partial charge is 0.506 e. The van der Waals surface area contributed by atoms with Crippen molar-refractivity contribution in [1.82, 2.24) is 0 Å². The predicted octanol–water partition coefficient (Wildman–Crippen LogP) is 0.541. The lowest BCUT2D eigenvalue weighted by Gasteiger charge is -2.17. The molecule has 0 spiro atoms. The Labute approximate surface area is 89.6 Å². The Morgan fingerprint density at radius 2 is 1.93 bits per heavy atom. The Hall–Kier alpha value is -0.620. The highest BCUT2D eigenvalue weighted by atomic mass is 79.9. The molecule has 4 nitrogen and oxygen atoms in total.